The molecule has 1 saturated heterocycles. The SMILES string of the molecule is O=C(c1c2ccccc2cc2ccccc12)N1CCN(c2cc(C(F)(F)F)ccn2)CC1. The number of piperazine rings is 1. The van der Waals surface area contributed by atoms with Crippen LogP contribution in [0.15, 0.2) is 72.9 Å². The lowest BCUT2D eigenvalue weighted by Gasteiger charge is -2.36. The van der Waals surface area contributed by atoms with Crippen LogP contribution in [0.3, 0.4) is 0 Å². The van der Waals surface area contributed by atoms with Crippen LogP contribution in [0, 0.1) is 0 Å². The van der Waals surface area contributed by atoms with Gasteiger partial charge in [0.2, 0.25) is 0 Å². The molecule has 0 bridgehead atoms. The Morgan fingerprint density at radius 1 is 0.812 bits per heavy atom. The van der Waals surface area contributed by atoms with Crippen LogP contribution in [-0.4, -0.2) is 42.0 Å². The van der Waals surface area contributed by atoms with E-state index >= 15 is 0 Å². The zero-order valence-electron chi connectivity index (χ0n) is 17.1. The molecule has 5 rings (SSSR count). The molecule has 1 aliphatic heterocycles. The summed E-state index contributed by atoms with van der Waals surface area (Å²) in [6.07, 6.45) is -3.23. The van der Waals surface area contributed by atoms with Crippen molar-refractivity contribution >= 4 is 33.3 Å². The van der Waals surface area contributed by atoms with E-state index in [2.05, 4.69) is 11.1 Å². The van der Waals surface area contributed by atoms with Crippen molar-refractivity contribution in [3.05, 3.63) is 84.1 Å². The molecular weight excluding hydrogens is 415 g/mol. The highest BCUT2D eigenvalue weighted by Gasteiger charge is 2.32. The van der Waals surface area contributed by atoms with Gasteiger partial charge in [0, 0.05) is 32.4 Å². The maximum atomic E-state index is 13.6. The van der Waals surface area contributed by atoms with Crippen molar-refractivity contribution in [2.45, 2.75) is 6.18 Å². The van der Waals surface area contributed by atoms with Crippen LogP contribution in [0.25, 0.3) is 21.5 Å². The van der Waals surface area contributed by atoms with Crippen molar-refractivity contribution in [3.63, 3.8) is 0 Å². The zero-order valence-corrected chi connectivity index (χ0v) is 17.1. The van der Waals surface area contributed by atoms with Crippen LogP contribution in [0.5, 0.6) is 0 Å². The molecule has 0 saturated carbocycles. The summed E-state index contributed by atoms with van der Waals surface area (Å²) in [5, 5.41) is 3.80. The minimum atomic E-state index is -4.41. The van der Waals surface area contributed by atoms with Crippen molar-refractivity contribution < 1.29 is 18.0 Å². The lowest BCUT2D eigenvalue weighted by Crippen LogP contribution is -2.49. The molecule has 1 amide bonds. The topological polar surface area (TPSA) is 36.4 Å². The van der Waals surface area contributed by atoms with Gasteiger partial charge in [-0.1, -0.05) is 48.5 Å². The highest BCUT2D eigenvalue weighted by molar-refractivity contribution is 6.18. The van der Waals surface area contributed by atoms with Gasteiger partial charge in [-0.3, -0.25) is 4.79 Å². The number of alkyl halides is 3. The second-order valence-corrected chi connectivity index (χ2v) is 7.87. The number of hydrogen-bond acceptors (Lipinski definition) is 3. The quantitative estimate of drug-likeness (QED) is 0.397. The minimum absolute atomic E-state index is 0.0605. The first-order valence-corrected chi connectivity index (χ1v) is 10.4. The van der Waals surface area contributed by atoms with Crippen LogP contribution in [0.4, 0.5) is 19.0 Å². The first-order chi connectivity index (χ1) is 15.4. The fourth-order valence-corrected chi connectivity index (χ4v) is 4.31. The van der Waals surface area contributed by atoms with Crippen LogP contribution in [0.1, 0.15) is 15.9 Å². The number of pyridine rings is 1. The van der Waals surface area contributed by atoms with Gasteiger partial charge >= 0.3 is 6.18 Å². The van der Waals surface area contributed by atoms with E-state index in [4.69, 9.17) is 0 Å². The maximum absolute atomic E-state index is 13.6. The summed E-state index contributed by atoms with van der Waals surface area (Å²) in [6.45, 7) is 1.66. The number of fused-ring (bicyclic) bond motifs is 2. The molecule has 1 fully saturated rings. The first-order valence-electron chi connectivity index (χ1n) is 10.4. The van der Waals surface area contributed by atoms with E-state index < -0.39 is 11.7 Å². The highest BCUT2D eigenvalue weighted by Crippen LogP contribution is 2.32. The summed E-state index contributed by atoms with van der Waals surface area (Å²) in [5.74, 6) is 0.220. The molecule has 0 atom stereocenters. The molecule has 1 aliphatic rings. The van der Waals surface area contributed by atoms with Crippen molar-refractivity contribution in [2.24, 2.45) is 0 Å². The van der Waals surface area contributed by atoms with Gasteiger partial charge in [0.15, 0.2) is 0 Å². The van der Waals surface area contributed by atoms with Gasteiger partial charge < -0.3 is 9.80 Å². The maximum Gasteiger partial charge on any atom is 0.416 e. The lowest BCUT2D eigenvalue weighted by molar-refractivity contribution is -0.137. The first kappa shape index (κ1) is 20.3. The van der Waals surface area contributed by atoms with E-state index in [-0.39, 0.29) is 11.7 Å². The third-order valence-electron chi connectivity index (χ3n) is 5.95. The van der Waals surface area contributed by atoms with Gasteiger partial charge in [0.25, 0.3) is 5.91 Å². The number of carbonyl (C=O) groups excluding carboxylic acids is 1. The normalized spacial score (nSPS) is 14.8. The Balaban J connectivity index is 1.42. The van der Waals surface area contributed by atoms with Gasteiger partial charge in [-0.05, 0) is 39.7 Å². The van der Waals surface area contributed by atoms with E-state index in [1.165, 1.54) is 6.20 Å². The molecule has 4 nitrogen and oxygen atoms in total. The number of amides is 1. The average Bonchev–Trinajstić information content (AvgIpc) is 2.82. The summed E-state index contributed by atoms with van der Waals surface area (Å²) < 4.78 is 39.1. The molecule has 0 unspecified atom stereocenters. The molecular formula is C25H20F3N3O. The molecule has 3 aromatic carbocycles. The number of halogens is 3. The van der Waals surface area contributed by atoms with Crippen LogP contribution < -0.4 is 4.90 Å². The fourth-order valence-electron chi connectivity index (χ4n) is 4.31. The van der Waals surface area contributed by atoms with Crippen molar-refractivity contribution in [2.75, 3.05) is 31.1 Å². The molecule has 162 valence electrons. The second-order valence-electron chi connectivity index (χ2n) is 7.87. The standard InChI is InChI=1S/C25H20F3N3O/c26-25(27,28)19-9-10-29-22(16-19)30-11-13-31(14-12-30)24(32)23-20-7-3-1-5-17(20)15-18-6-2-4-8-21(18)23/h1-10,15-16H,11-14H2. The molecule has 1 aromatic heterocycles. The van der Waals surface area contributed by atoms with Gasteiger partial charge in [0.05, 0.1) is 11.1 Å². The summed E-state index contributed by atoms with van der Waals surface area (Å²) in [5.41, 5.74) is -0.0485. The van der Waals surface area contributed by atoms with Crippen LogP contribution in [-0.2, 0) is 6.18 Å². The van der Waals surface area contributed by atoms with E-state index in [9.17, 15) is 18.0 Å². The highest BCUT2D eigenvalue weighted by atomic mass is 19.4. The Kier molecular flexibility index (Phi) is 4.96. The zero-order chi connectivity index (χ0) is 22.3. The molecule has 2 heterocycles. The minimum Gasteiger partial charge on any atom is -0.353 e. The van der Waals surface area contributed by atoms with Gasteiger partial charge in [-0.15, -0.1) is 0 Å². The number of hydrogen-bond donors (Lipinski definition) is 0. The predicted molar refractivity (Wildman–Crippen MR) is 119 cm³/mol. The number of benzene rings is 3. The van der Waals surface area contributed by atoms with Gasteiger partial charge in [-0.2, -0.15) is 13.2 Å². The Morgan fingerprint density at radius 2 is 1.41 bits per heavy atom. The van der Waals surface area contributed by atoms with Crippen LogP contribution >= 0.6 is 0 Å². The van der Waals surface area contributed by atoms with Crippen molar-refractivity contribution in [1.82, 2.24) is 9.88 Å². The van der Waals surface area contributed by atoms with E-state index in [1.807, 2.05) is 48.5 Å². The summed E-state index contributed by atoms with van der Waals surface area (Å²) in [7, 11) is 0. The lowest BCUT2D eigenvalue weighted by atomic mass is 9.95. The molecule has 7 heteroatoms. The van der Waals surface area contributed by atoms with Gasteiger partial charge in [0.1, 0.15) is 5.82 Å². The number of aromatic nitrogens is 1. The molecule has 4 aromatic rings. The predicted octanol–water partition coefficient (Wildman–Crippen LogP) is 5.37. The number of nitrogens with zero attached hydrogens (tertiary/aromatic N) is 3. The largest absolute Gasteiger partial charge is 0.416 e. The molecule has 32 heavy (non-hydrogen) atoms. The Hall–Kier alpha value is -3.61. The van der Waals surface area contributed by atoms with Crippen molar-refractivity contribution in [3.8, 4) is 0 Å². The number of rotatable bonds is 2. The molecule has 0 spiro atoms. The monoisotopic (exact) mass is 435 g/mol. The smallest absolute Gasteiger partial charge is 0.353 e. The summed E-state index contributed by atoms with van der Waals surface area (Å²) in [4.78, 5) is 21.3. The molecule has 0 radical (unpaired) electrons. The van der Waals surface area contributed by atoms with E-state index in [0.717, 1.165) is 33.7 Å². The molecule has 0 N–H and O–H groups in total. The fraction of sp³-hybridized carbons (Fsp3) is 0.200. The third kappa shape index (κ3) is 3.64. The third-order valence-corrected chi connectivity index (χ3v) is 5.95. The molecule has 0 aliphatic carbocycles. The Morgan fingerprint density at radius 3 is 2.00 bits per heavy atom. The van der Waals surface area contributed by atoms with Crippen LogP contribution in [0.2, 0.25) is 0 Å². The summed E-state index contributed by atoms with van der Waals surface area (Å²) >= 11 is 0. The second kappa shape index (κ2) is 7.82. The van der Waals surface area contributed by atoms with E-state index in [0.29, 0.717) is 31.7 Å². The summed E-state index contributed by atoms with van der Waals surface area (Å²) in [6, 6.07) is 19.8. The average molecular weight is 435 g/mol. The Bertz CT molecular complexity index is 1260. The number of carbonyl (C=O) groups is 1. The number of anilines is 1. The van der Waals surface area contributed by atoms with Gasteiger partial charge in [-0.25, -0.2) is 4.98 Å². The van der Waals surface area contributed by atoms with E-state index in [1.54, 1.807) is 9.80 Å². The Labute approximate surface area is 182 Å². The van der Waals surface area contributed by atoms with Crippen molar-refractivity contribution in [1.29, 1.82) is 0 Å².